The predicted octanol–water partition coefficient (Wildman–Crippen LogP) is 1.81. The lowest BCUT2D eigenvalue weighted by Gasteiger charge is -2.05. The first kappa shape index (κ1) is 15.4. The Bertz CT molecular complexity index is 750. The normalized spacial score (nSPS) is 13.9. The minimum Gasteiger partial charge on any atom is -0.399 e. The highest BCUT2D eigenvalue weighted by Crippen LogP contribution is 2.26. The lowest BCUT2D eigenvalue weighted by molar-refractivity contribution is 0.588. The summed E-state index contributed by atoms with van der Waals surface area (Å²) in [4.78, 5) is 4.27. The van der Waals surface area contributed by atoms with Crippen molar-refractivity contribution in [3.63, 3.8) is 0 Å². The fourth-order valence-electron chi connectivity index (χ4n) is 1.53. The summed E-state index contributed by atoms with van der Waals surface area (Å²) in [7, 11) is -4.57. The zero-order valence-electron chi connectivity index (χ0n) is 11.2. The largest absolute Gasteiger partial charge is 0.399 e. The van der Waals surface area contributed by atoms with Crippen molar-refractivity contribution < 1.29 is 12.6 Å². The van der Waals surface area contributed by atoms with E-state index in [1.54, 1.807) is 32.0 Å². The SMILES string of the molecule is CC(C)S(=O)(=O)CCS(=O)c1nc2ccc(N)cc2s1. The summed E-state index contributed by atoms with van der Waals surface area (Å²) < 4.78 is 36.9. The molecule has 0 aliphatic heterocycles. The monoisotopic (exact) mass is 332 g/mol. The molecule has 2 rings (SSSR count). The molecule has 1 heterocycles. The molecule has 20 heavy (non-hydrogen) atoms. The van der Waals surface area contributed by atoms with E-state index in [0.29, 0.717) is 10.0 Å². The minimum absolute atomic E-state index is 0.0792. The zero-order valence-corrected chi connectivity index (χ0v) is 13.6. The van der Waals surface area contributed by atoms with Crippen molar-refractivity contribution in [3.8, 4) is 0 Å². The van der Waals surface area contributed by atoms with E-state index < -0.39 is 25.9 Å². The number of hydrogen-bond acceptors (Lipinski definition) is 6. The van der Waals surface area contributed by atoms with Crippen LogP contribution in [0.1, 0.15) is 13.8 Å². The number of benzene rings is 1. The smallest absolute Gasteiger partial charge is 0.181 e. The van der Waals surface area contributed by atoms with Gasteiger partial charge in [0.1, 0.15) is 0 Å². The number of rotatable bonds is 5. The third-order valence-electron chi connectivity index (χ3n) is 2.86. The second-order valence-electron chi connectivity index (χ2n) is 4.67. The van der Waals surface area contributed by atoms with Crippen LogP contribution in [-0.2, 0) is 20.6 Å². The van der Waals surface area contributed by atoms with E-state index in [2.05, 4.69) is 4.98 Å². The number of nitrogen functional groups attached to an aromatic ring is 1. The molecule has 0 spiro atoms. The van der Waals surface area contributed by atoms with E-state index in [0.717, 1.165) is 10.2 Å². The molecular formula is C12H16N2O3S3. The Balaban J connectivity index is 2.16. The fraction of sp³-hybridized carbons (Fsp3) is 0.417. The maximum Gasteiger partial charge on any atom is 0.181 e. The van der Waals surface area contributed by atoms with Crippen molar-refractivity contribution in [2.75, 3.05) is 17.2 Å². The van der Waals surface area contributed by atoms with Gasteiger partial charge in [-0.3, -0.25) is 4.21 Å². The van der Waals surface area contributed by atoms with Crippen LogP contribution in [-0.4, -0.2) is 34.4 Å². The topological polar surface area (TPSA) is 90.1 Å². The number of hydrogen-bond donors (Lipinski definition) is 1. The molecule has 0 bridgehead atoms. The number of anilines is 1. The lowest BCUT2D eigenvalue weighted by Crippen LogP contribution is -2.21. The second kappa shape index (κ2) is 5.79. The summed E-state index contributed by atoms with van der Waals surface area (Å²) in [5.74, 6) is -0.00877. The van der Waals surface area contributed by atoms with Gasteiger partial charge in [-0.2, -0.15) is 0 Å². The van der Waals surface area contributed by atoms with Gasteiger partial charge in [-0.1, -0.05) is 0 Å². The predicted molar refractivity (Wildman–Crippen MR) is 84.2 cm³/mol. The molecule has 8 heteroatoms. The quantitative estimate of drug-likeness (QED) is 0.843. The van der Waals surface area contributed by atoms with E-state index in [9.17, 15) is 12.6 Å². The Morgan fingerprint density at radius 1 is 1.40 bits per heavy atom. The van der Waals surface area contributed by atoms with Crippen LogP contribution in [0.5, 0.6) is 0 Å². The molecule has 0 saturated carbocycles. The lowest BCUT2D eigenvalue weighted by atomic mass is 10.3. The molecule has 1 unspecified atom stereocenters. The van der Waals surface area contributed by atoms with Crippen LogP contribution in [0.3, 0.4) is 0 Å². The minimum atomic E-state index is -3.17. The molecule has 0 saturated heterocycles. The number of sulfone groups is 1. The molecule has 2 N–H and O–H groups in total. The Labute approximate surface area is 124 Å². The summed E-state index contributed by atoms with van der Waals surface area (Å²) in [6.45, 7) is 3.25. The number of aromatic nitrogens is 1. The van der Waals surface area contributed by atoms with Crippen LogP contribution in [0.4, 0.5) is 5.69 Å². The average molecular weight is 332 g/mol. The van der Waals surface area contributed by atoms with Gasteiger partial charge >= 0.3 is 0 Å². The molecule has 0 aliphatic rings. The van der Waals surface area contributed by atoms with Crippen LogP contribution in [0, 0.1) is 0 Å². The zero-order chi connectivity index (χ0) is 14.9. The first-order chi connectivity index (χ1) is 9.29. The molecule has 0 radical (unpaired) electrons. The highest BCUT2D eigenvalue weighted by atomic mass is 32.2. The van der Waals surface area contributed by atoms with E-state index in [-0.39, 0.29) is 11.5 Å². The maximum absolute atomic E-state index is 12.1. The van der Waals surface area contributed by atoms with E-state index in [1.165, 1.54) is 11.3 Å². The second-order valence-corrected chi connectivity index (χ2v) is 10.1. The van der Waals surface area contributed by atoms with Gasteiger partial charge in [-0.15, -0.1) is 11.3 Å². The van der Waals surface area contributed by atoms with Crippen molar-refractivity contribution in [2.24, 2.45) is 0 Å². The molecule has 1 aromatic heterocycles. The summed E-state index contributed by atoms with van der Waals surface area (Å²) in [6.07, 6.45) is 0. The summed E-state index contributed by atoms with van der Waals surface area (Å²) in [6, 6.07) is 5.28. The van der Waals surface area contributed by atoms with Crippen LogP contribution in [0.15, 0.2) is 22.5 Å². The van der Waals surface area contributed by atoms with Gasteiger partial charge in [0.05, 0.1) is 32.0 Å². The Hall–Kier alpha value is -0.990. The van der Waals surface area contributed by atoms with Gasteiger partial charge in [0.15, 0.2) is 14.2 Å². The van der Waals surface area contributed by atoms with Crippen LogP contribution >= 0.6 is 11.3 Å². The number of nitrogens with zero attached hydrogens (tertiary/aromatic N) is 1. The molecule has 5 nitrogen and oxygen atoms in total. The van der Waals surface area contributed by atoms with Crippen LogP contribution < -0.4 is 5.73 Å². The van der Waals surface area contributed by atoms with Gasteiger partial charge in [0.25, 0.3) is 0 Å². The Kier molecular flexibility index (Phi) is 4.46. The van der Waals surface area contributed by atoms with Gasteiger partial charge < -0.3 is 5.73 Å². The molecule has 2 aromatic rings. The van der Waals surface area contributed by atoms with Crippen molar-refractivity contribution in [1.29, 1.82) is 0 Å². The molecule has 0 amide bonds. The number of nitrogens with two attached hydrogens (primary N) is 1. The fourth-order valence-corrected chi connectivity index (χ4v) is 5.55. The first-order valence-corrected chi connectivity index (χ1v) is 9.90. The third-order valence-corrected chi connectivity index (χ3v) is 8.00. The molecule has 0 fully saturated rings. The molecular weight excluding hydrogens is 316 g/mol. The van der Waals surface area contributed by atoms with Crippen molar-refractivity contribution in [3.05, 3.63) is 18.2 Å². The van der Waals surface area contributed by atoms with Crippen molar-refractivity contribution in [2.45, 2.75) is 23.4 Å². The molecule has 110 valence electrons. The van der Waals surface area contributed by atoms with Gasteiger partial charge in [-0.25, -0.2) is 13.4 Å². The highest BCUT2D eigenvalue weighted by Gasteiger charge is 2.19. The Morgan fingerprint density at radius 2 is 2.10 bits per heavy atom. The first-order valence-electron chi connectivity index (χ1n) is 6.05. The van der Waals surface area contributed by atoms with Gasteiger partial charge in [0, 0.05) is 11.4 Å². The molecule has 0 aliphatic carbocycles. The Morgan fingerprint density at radius 3 is 2.75 bits per heavy atom. The van der Waals surface area contributed by atoms with Gasteiger partial charge in [0.2, 0.25) is 0 Å². The standard InChI is InChI=1S/C12H16N2O3S3/c1-8(2)20(16,17)6-5-19(15)12-14-10-4-3-9(13)7-11(10)18-12/h3-4,7-8H,5-6,13H2,1-2H3. The maximum atomic E-state index is 12.1. The summed E-state index contributed by atoms with van der Waals surface area (Å²) in [5.41, 5.74) is 7.04. The van der Waals surface area contributed by atoms with Gasteiger partial charge in [-0.05, 0) is 32.0 Å². The third kappa shape index (κ3) is 3.36. The van der Waals surface area contributed by atoms with Crippen molar-refractivity contribution >= 4 is 47.9 Å². The van der Waals surface area contributed by atoms with E-state index in [4.69, 9.17) is 5.73 Å². The summed E-state index contributed by atoms with van der Waals surface area (Å²) >= 11 is 1.29. The average Bonchev–Trinajstić information content (AvgIpc) is 2.78. The molecule has 1 atom stereocenters. The summed E-state index contributed by atoms with van der Waals surface area (Å²) in [5, 5.41) is -0.449. The van der Waals surface area contributed by atoms with Crippen molar-refractivity contribution in [1.82, 2.24) is 4.98 Å². The molecule has 1 aromatic carbocycles. The highest BCUT2D eigenvalue weighted by molar-refractivity contribution is 7.94. The van der Waals surface area contributed by atoms with E-state index >= 15 is 0 Å². The van der Waals surface area contributed by atoms with Crippen LogP contribution in [0.2, 0.25) is 0 Å². The van der Waals surface area contributed by atoms with E-state index in [1.807, 2.05) is 0 Å². The number of fused-ring (bicyclic) bond motifs is 1. The van der Waals surface area contributed by atoms with Crippen LogP contribution in [0.25, 0.3) is 10.2 Å². The number of thiazole rings is 1.